The minimum atomic E-state index is -2.77. The van der Waals surface area contributed by atoms with Crippen LogP contribution in [0.4, 0.5) is 8.78 Å². The highest BCUT2D eigenvalue weighted by atomic mass is 28.3. The molecule has 0 aromatic carbocycles. The van der Waals surface area contributed by atoms with Crippen molar-refractivity contribution in [2.24, 2.45) is 0 Å². The van der Waals surface area contributed by atoms with Crippen LogP contribution in [-0.4, -0.2) is 52.2 Å². The van der Waals surface area contributed by atoms with E-state index in [1.54, 1.807) is 6.20 Å². The highest BCUT2D eigenvalue weighted by Gasteiger charge is 2.59. The van der Waals surface area contributed by atoms with Crippen molar-refractivity contribution in [3.8, 4) is 17.3 Å². The molecular formula is C20H25F2N5O2Si. The predicted molar refractivity (Wildman–Crippen MR) is 112 cm³/mol. The first-order valence-electron chi connectivity index (χ1n) is 9.86. The Labute approximate surface area is 174 Å². The third kappa shape index (κ3) is 4.20. The van der Waals surface area contributed by atoms with Crippen LogP contribution in [0.5, 0.6) is 5.88 Å². The quantitative estimate of drug-likeness (QED) is 0.389. The van der Waals surface area contributed by atoms with Crippen LogP contribution in [0.25, 0.3) is 22.4 Å². The molecule has 1 aliphatic rings. The summed E-state index contributed by atoms with van der Waals surface area (Å²) in [5, 5.41) is 0. The highest BCUT2D eigenvalue weighted by Crippen LogP contribution is 2.57. The van der Waals surface area contributed by atoms with Gasteiger partial charge in [-0.3, -0.25) is 0 Å². The Hall–Kier alpha value is -2.46. The Balaban J connectivity index is 1.61. The zero-order valence-electron chi connectivity index (χ0n) is 17.5. The molecule has 0 N–H and O–H groups in total. The van der Waals surface area contributed by atoms with Crippen molar-refractivity contribution in [1.82, 2.24) is 24.5 Å². The second kappa shape index (κ2) is 7.66. The van der Waals surface area contributed by atoms with E-state index in [-0.39, 0.29) is 23.8 Å². The van der Waals surface area contributed by atoms with E-state index >= 15 is 0 Å². The summed E-state index contributed by atoms with van der Waals surface area (Å²) < 4.78 is 40.5. The minimum Gasteiger partial charge on any atom is -0.480 e. The number of aromatic nitrogens is 5. The van der Waals surface area contributed by atoms with E-state index in [1.807, 2.05) is 16.8 Å². The van der Waals surface area contributed by atoms with Crippen molar-refractivity contribution >= 4 is 19.1 Å². The molecule has 1 saturated carbocycles. The summed E-state index contributed by atoms with van der Waals surface area (Å²) in [4.78, 5) is 17.2. The van der Waals surface area contributed by atoms with Gasteiger partial charge in [-0.1, -0.05) is 19.6 Å². The SMILES string of the molecule is COc1ncnc(C2CC2(F)F)c1-c1ncc2c(ccn2COCC[Si](C)(C)C)n1. The number of nitrogens with zero attached hydrogens (tertiary/aromatic N) is 5. The van der Waals surface area contributed by atoms with Gasteiger partial charge in [0.1, 0.15) is 18.6 Å². The standard InChI is InChI=1S/C20H25F2N5O2Si/c1-28-19-16(17(24-11-25-19)13-9-20(13,21)22)18-23-10-15-14(26-18)5-6-27(15)12-29-7-8-30(2,3)4/h5-6,10-11,13H,7-9,12H2,1-4H3. The number of methoxy groups -OCH3 is 1. The molecule has 3 aromatic heterocycles. The molecule has 0 radical (unpaired) electrons. The number of alkyl halides is 2. The molecule has 1 fully saturated rings. The number of ether oxygens (including phenoxy) is 2. The van der Waals surface area contributed by atoms with E-state index < -0.39 is 19.9 Å². The van der Waals surface area contributed by atoms with Gasteiger partial charge < -0.3 is 14.0 Å². The van der Waals surface area contributed by atoms with E-state index in [1.165, 1.54) is 13.4 Å². The van der Waals surface area contributed by atoms with Crippen molar-refractivity contribution < 1.29 is 18.3 Å². The Kier molecular flexibility index (Phi) is 5.31. The third-order valence-corrected chi connectivity index (χ3v) is 6.87. The molecule has 1 unspecified atom stereocenters. The summed E-state index contributed by atoms with van der Waals surface area (Å²) in [5.74, 6) is -3.27. The smallest absolute Gasteiger partial charge is 0.257 e. The zero-order chi connectivity index (χ0) is 21.5. The third-order valence-electron chi connectivity index (χ3n) is 5.16. The monoisotopic (exact) mass is 433 g/mol. The lowest BCUT2D eigenvalue weighted by Gasteiger charge is -2.15. The van der Waals surface area contributed by atoms with Gasteiger partial charge in [0.2, 0.25) is 5.88 Å². The molecule has 1 aliphatic carbocycles. The molecule has 3 heterocycles. The summed E-state index contributed by atoms with van der Waals surface area (Å²) in [5.41, 5.74) is 2.04. The van der Waals surface area contributed by atoms with Gasteiger partial charge in [0.05, 0.1) is 36.0 Å². The maximum atomic E-state index is 13.7. The number of fused-ring (bicyclic) bond motifs is 1. The Morgan fingerprint density at radius 2 is 2.00 bits per heavy atom. The second-order valence-electron chi connectivity index (χ2n) is 8.76. The first kappa shape index (κ1) is 20.8. The first-order valence-corrected chi connectivity index (χ1v) is 13.6. The lowest BCUT2D eigenvalue weighted by Crippen LogP contribution is -2.21. The van der Waals surface area contributed by atoms with Gasteiger partial charge in [0, 0.05) is 27.3 Å². The summed E-state index contributed by atoms with van der Waals surface area (Å²) in [6, 6.07) is 2.94. The maximum absolute atomic E-state index is 13.7. The van der Waals surface area contributed by atoms with Crippen LogP contribution in [0.2, 0.25) is 25.7 Å². The molecule has 0 aliphatic heterocycles. The van der Waals surface area contributed by atoms with E-state index in [0.717, 1.165) is 11.6 Å². The van der Waals surface area contributed by atoms with Crippen LogP contribution in [0.3, 0.4) is 0 Å². The topological polar surface area (TPSA) is 75.0 Å². The van der Waals surface area contributed by atoms with Gasteiger partial charge in [-0.05, 0) is 12.1 Å². The van der Waals surface area contributed by atoms with E-state index in [9.17, 15) is 8.78 Å². The van der Waals surface area contributed by atoms with Crippen LogP contribution in [-0.2, 0) is 11.5 Å². The summed E-state index contributed by atoms with van der Waals surface area (Å²) in [6.45, 7) is 8.05. The van der Waals surface area contributed by atoms with Gasteiger partial charge >= 0.3 is 0 Å². The fourth-order valence-corrected chi connectivity index (χ4v) is 4.03. The van der Waals surface area contributed by atoms with E-state index in [0.29, 0.717) is 24.4 Å². The van der Waals surface area contributed by atoms with Crippen LogP contribution < -0.4 is 4.74 Å². The lowest BCUT2D eigenvalue weighted by molar-refractivity contribution is 0.0902. The Bertz CT molecular complexity index is 1070. The van der Waals surface area contributed by atoms with Crippen molar-refractivity contribution in [3.05, 3.63) is 30.5 Å². The van der Waals surface area contributed by atoms with Crippen molar-refractivity contribution in [1.29, 1.82) is 0 Å². The van der Waals surface area contributed by atoms with Gasteiger partial charge in [-0.15, -0.1) is 0 Å². The summed E-state index contributed by atoms with van der Waals surface area (Å²) in [7, 11) is 0.295. The fourth-order valence-electron chi connectivity index (χ4n) is 3.27. The second-order valence-corrected chi connectivity index (χ2v) is 14.4. The summed E-state index contributed by atoms with van der Waals surface area (Å²) in [6.07, 6.45) is 4.54. The number of halogens is 2. The largest absolute Gasteiger partial charge is 0.480 e. The number of hydrogen-bond acceptors (Lipinski definition) is 6. The molecule has 7 nitrogen and oxygen atoms in total. The number of rotatable bonds is 8. The predicted octanol–water partition coefficient (Wildman–Crippen LogP) is 4.33. The fraction of sp³-hybridized carbons (Fsp3) is 0.500. The van der Waals surface area contributed by atoms with Gasteiger partial charge in [0.15, 0.2) is 5.82 Å². The van der Waals surface area contributed by atoms with E-state index in [2.05, 4.69) is 39.6 Å². The van der Waals surface area contributed by atoms with Gasteiger partial charge in [-0.2, -0.15) is 0 Å². The van der Waals surface area contributed by atoms with Crippen LogP contribution >= 0.6 is 0 Å². The molecule has 1 atom stereocenters. The molecule has 30 heavy (non-hydrogen) atoms. The molecule has 0 amide bonds. The van der Waals surface area contributed by atoms with Crippen molar-refractivity contribution in [2.45, 2.75) is 50.7 Å². The average Bonchev–Trinajstić information content (AvgIpc) is 3.15. The molecule has 0 spiro atoms. The molecule has 4 rings (SSSR count). The van der Waals surface area contributed by atoms with Crippen LogP contribution in [0.15, 0.2) is 24.8 Å². The molecule has 0 bridgehead atoms. The first-order chi connectivity index (χ1) is 14.2. The average molecular weight is 434 g/mol. The molecule has 0 saturated heterocycles. The molecule has 10 heteroatoms. The van der Waals surface area contributed by atoms with Gasteiger partial charge in [0.25, 0.3) is 5.92 Å². The summed E-state index contributed by atoms with van der Waals surface area (Å²) >= 11 is 0. The van der Waals surface area contributed by atoms with Crippen LogP contribution in [0.1, 0.15) is 18.0 Å². The van der Waals surface area contributed by atoms with Crippen molar-refractivity contribution in [2.75, 3.05) is 13.7 Å². The zero-order valence-corrected chi connectivity index (χ0v) is 18.5. The van der Waals surface area contributed by atoms with E-state index in [4.69, 9.17) is 9.47 Å². The normalized spacial score (nSPS) is 18.0. The Morgan fingerprint density at radius 1 is 1.23 bits per heavy atom. The maximum Gasteiger partial charge on any atom is 0.257 e. The number of hydrogen-bond donors (Lipinski definition) is 0. The van der Waals surface area contributed by atoms with Crippen molar-refractivity contribution in [3.63, 3.8) is 0 Å². The van der Waals surface area contributed by atoms with Crippen LogP contribution in [0, 0.1) is 0 Å². The minimum absolute atomic E-state index is 0.191. The molecular weight excluding hydrogens is 408 g/mol. The molecule has 160 valence electrons. The Morgan fingerprint density at radius 3 is 2.67 bits per heavy atom. The lowest BCUT2D eigenvalue weighted by atomic mass is 10.1. The molecule has 3 aromatic rings. The van der Waals surface area contributed by atoms with Gasteiger partial charge in [-0.25, -0.2) is 28.7 Å². The highest BCUT2D eigenvalue weighted by molar-refractivity contribution is 6.76.